The Labute approximate surface area is 115 Å². The molecule has 3 heterocycles. The van der Waals surface area contributed by atoms with E-state index in [1.54, 1.807) is 25.6 Å². The summed E-state index contributed by atoms with van der Waals surface area (Å²) in [5.74, 6) is 0.582. The van der Waals surface area contributed by atoms with Crippen LogP contribution < -0.4 is 9.64 Å². The minimum absolute atomic E-state index is 0.458. The van der Waals surface area contributed by atoms with Crippen molar-refractivity contribution in [2.45, 2.75) is 0 Å². The average molecular weight is 275 g/mol. The molecule has 96 valence electrons. The van der Waals surface area contributed by atoms with Crippen LogP contribution in [-0.4, -0.2) is 30.0 Å². The quantitative estimate of drug-likeness (QED) is 0.790. The summed E-state index contributed by atoms with van der Waals surface area (Å²) in [5.41, 5.74) is 2.66. The van der Waals surface area contributed by atoms with E-state index in [0.717, 1.165) is 17.1 Å². The Morgan fingerprint density at radius 2 is 2.16 bits per heavy atom. The Kier molecular flexibility index (Phi) is 3.05. The first kappa shape index (κ1) is 11.9. The van der Waals surface area contributed by atoms with Gasteiger partial charge in [0.25, 0.3) is 0 Å². The van der Waals surface area contributed by atoms with Gasteiger partial charge < -0.3 is 9.64 Å². The molecule has 0 fully saturated rings. The molecule has 0 spiro atoms. The molecule has 0 bridgehead atoms. The van der Waals surface area contributed by atoms with Crippen molar-refractivity contribution in [2.24, 2.45) is 4.99 Å². The fourth-order valence-corrected chi connectivity index (χ4v) is 2.08. The van der Waals surface area contributed by atoms with Gasteiger partial charge in [-0.25, -0.2) is 9.97 Å². The van der Waals surface area contributed by atoms with Gasteiger partial charge in [0.1, 0.15) is 17.5 Å². The highest BCUT2D eigenvalue weighted by atomic mass is 35.5. The second kappa shape index (κ2) is 4.85. The Morgan fingerprint density at radius 1 is 1.26 bits per heavy atom. The van der Waals surface area contributed by atoms with Crippen molar-refractivity contribution in [3.05, 3.63) is 41.3 Å². The number of ether oxygens (including phenoxy) is 1. The maximum absolute atomic E-state index is 5.89. The van der Waals surface area contributed by atoms with E-state index in [1.807, 2.05) is 23.1 Å². The van der Waals surface area contributed by atoms with Crippen molar-refractivity contribution in [2.75, 3.05) is 18.7 Å². The summed E-state index contributed by atoms with van der Waals surface area (Å²) in [6, 6.07) is 7.45. The standard InChI is InChI=1S/C13H11ClN4O/c1-19-13-5-2-9(6-16-13)18-8-15-7-10-11(18)3-4-12(14)17-10/h2-7H,8H2,1H3. The van der Waals surface area contributed by atoms with Crippen molar-refractivity contribution in [1.29, 1.82) is 0 Å². The molecular formula is C13H11ClN4O. The Morgan fingerprint density at radius 3 is 2.89 bits per heavy atom. The Hall–Kier alpha value is -2.14. The van der Waals surface area contributed by atoms with Crippen molar-refractivity contribution in [3.8, 4) is 5.88 Å². The zero-order chi connectivity index (χ0) is 13.2. The number of fused-ring (bicyclic) bond motifs is 1. The lowest BCUT2D eigenvalue weighted by atomic mass is 10.2. The lowest BCUT2D eigenvalue weighted by Gasteiger charge is -2.26. The van der Waals surface area contributed by atoms with Gasteiger partial charge in [-0.05, 0) is 18.2 Å². The molecule has 0 amide bonds. The molecule has 5 nitrogen and oxygen atoms in total. The van der Waals surface area contributed by atoms with Crippen LogP contribution in [-0.2, 0) is 0 Å². The van der Waals surface area contributed by atoms with Crippen molar-refractivity contribution in [1.82, 2.24) is 9.97 Å². The number of hydrogen-bond acceptors (Lipinski definition) is 5. The third kappa shape index (κ3) is 2.24. The topological polar surface area (TPSA) is 50.6 Å². The van der Waals surface area contributed by atoms with Crippen LogP contribution in [0.5, 0.6) is 5.88 Å². The first-order valence-electron chi connectivity index (χ1n) is 5.72. The lowest BCUT2D eigenvalue weighted by Crippen LogP contribution is -2.22. The van der Waals surface area contributed by atoms with Gasteiger partial charge in [0, 0.05) is 6.07 Å². The van der Waals surface area contributed by atoms with Crippen LogP contribution in [0.25, 0.3) is 0 Å². The molecular weight excluding hydrogens is 264 g/mol. The first-order valence-corrected chi connectivity index (χ1v) is 6.09. The largest absolute Gasteiger partial charge is 0.481 e. The second-order valence-electron chi connectivity index (χ2n) is 3.98. The van der Waals surface area contributed by atoms with Gasteiger partial charge in [0.05, 0.1) is 30.9 Å². The minimum Gasteiger partial charge on any atom is -0.481 e. The number of nitrogens with zero attached hydrogens (tertiary/aromatic N) is 4. The predicted molar refractivity (Wildman–Crippen MR) is 74.6 cm³/mol. The van der Waals surface area contributed by atoms with Gasteiger partial charge in [0.15, 0.2) is 0 Å². The van der Waals surface area contributed by atoms with E-state index >= 15 is 0 Å². The summed E-state index contributed by atoms with van der Waals surface area (Å²) in [6.07, 6.45) is 3.48. The summed E-state index contributed by atoms with van der Waals surface area (Å²) in [5, 5.41) is 0.458. The van der Waals surface area contributed by atoms with E-state index in [9.17, 15) is 0 Å². The summed E-state index contributed by atoms with van der Waals surface area (Å²) in [4.78, 5) is 14.8. The van der Waals surface area contributed by atoms with Crippen LogP contribution in [0, 0.1) is 0 Å². The molecule has 19 heavy (non-hydrogen) atoms. The zero-order valence-corrected chi connectivity index (χ0v) is 11.0. The first-order chi connectivity index (χ1) is 9.28. The molecule has 3 rings (SSSR count). The summed E-state index contributed by atoms with van der Waals surface area (Å²) >= 11 is 5.89. The number of anilines is 2. The molecule has 2 aromatic rings. The summed E-state index contributed by atoms with van der Waals surface area (Å²) in [7, 11) is 1.59. The highest BCUT2D eigenvalue weighted by molar-refractivity contribution is 6.29. The van der Waals surface area contributed by atoms with Crippen molar-refractivity contribution in [3.63, 3.8) is 0 Å². The van der Waals surface area contributed by atoms with Gasteiger partial charge >= 0.3 is 0 Å². The predicted octanol–water partition coefficient (Wildman–Crippen LogP) is 2.67. The average Bonchev–Trinajstić information content (AvgIpc) is 2.46. The molecule has 0 aliphatic carbocycles. The van der Waals surface area contributed by atoms with Gasteiger partial charge in [-0.2, -0.15) is 0 Å². The number of halogens is 1. The van der Waals surface area contributed by atoms with Crippen LogP contribution in [0.1, 0.15) is 5.69 Å². The fraction of sp³-hybridized carbons (Fsp3) is 0.154. The third-order valence-electron chi connectivity index (χ3n) is 2.84. The number of aliphatic imine (C=N–C) groups is 1. The van der Waals surface area contributed by atoms with Gasteiger partial charge in [0.2, 0.25) is 5.88 Å². The number of pyridine rings is 2. The maximum atomic E-state index is 5.89. The molecule has 0 saturated heterocycles. The highest BCUT2D eigenvalue weighted by Crippen LogP contribution is 2.30. The number of hydrogen-bond donors (Lipinski definition) is 0. The van der Waals surface area contributed by atoms with E-state index < -0.39 is 0 Å². The normalized spacial score (nSPS) is 13.3. The molecule has 2 aromatic heterocycles. The number of methoxy groups -OCH3 is 1. The highest BCUT2D eigenvalue weighted by Gasteiger charge is 2.17. The zero-order valence-electron chi connectivity index (χ0n) is 10.2. The monoisotopic (exact) mass is 274 g/mol. The molecule has 1 aliphatic heterocycles. The molecule has 0 unspecified atom stereocenters. The number of rotatable bonds is 2. The summed E-state index contributed by atoms with van der Waals surface area (Å²) < 4.78 is 5.05. The molecule has 6 heteroatoms. The van der Waals surface area contributed by atoms with E-state index in [4.69, 9.17) is 16.3 Å². The van der Waals surface area contributed by atoms with Crippen molar-refractivity contribution >= 4 is 29.2 Å². The molecule has 0 saturated carbocycles. The Bertz CT molecular complexity index is 627. The lowest BCUT2D eigenvalue weighted by molar-refractivity contribution is 0.398. The van der Waals surface area contributed by atoms with Gasteiger partial charge in [-0.1, -0.05) is 11.6 Å². The Balaban J connectivity index is 2.00. The van der Waals surface area contributed by atoms with E-state index in [-0.39, 0.29) is 0 Å². The van der Waals surface area contributed by atoms with Crippen LogP contribution in [0.3, 0.4) is 0 Å². The smallest absolute Gasteiger partial charge is 0.213 e. The maximum Gasteiger partial charge on any atom is 0.213 e. The van der Waals surface area contributed by atoms with E-state index in [0.29, 0.717) is 17.7 Å². The van der Waals surface area contributed by atoms with Crippen molar-refractivity contribution < 1.29 is 4.74 Å². The van der Waals surface area contributed by atoms with Crippen LogP contribution in [0.4, 0.5) is 11.4 Å². The van der Waals surface area contributed by atoms with E-state index in [2.05, 4.69) is 15.0 Å². The van der Waals surface area contributed by atoms with Crippen LogP contribution >= 0.6 is 11.6 Å². The fourth-order valence-electron chi connectivity index (χ4n) is 1.92. The second-order valence-corrected chi connectivity index (χ2v) is 4.37. The molecule has 1 aliphatic rings. The molecule has 0 atom stereocenters. The SMILES string of the molecule is COc1ccc(N2CN=Cc3nc(Cl)ccc32)cn1. The third-order valence-corrected chi connectivity index (χ3v) is 3.05. The van der Waals surface area contributed by atoms with E-state index in [1.165, 1.54) is 0 Å². The van der Waals surface area contributed by atoms with Crippen LogP contribution in [0.2, 0.25) is 5.15 Å². The molecule has 0 N–H and O–H groups in total. The minimum atomic E-state index is 0.458. The summed E-state index contributed by atoms with van der Waals surface area (Å²) in [6.45, 7) is 0.532. The van der Waals surface area contributed by atoms with Gasteiger partial charge in [-0.15, -0.1) is 0 Å². The molecule has 0 radical (unpaired) electrons. The molecule has 0 aromatic carbocycles. The van der Waals surface area contributed by atoms with Gasteiger partial charge in [-0.3, -0.25) is 4.99 Å². The van der Waals surface area contributed by atoms with Crippen LogP contribution in [0.15, 0.2) is 35.5 Å². The number of aromatic nitrogens is 2.